The summed E-state index contributed by atoms with van der Waals surface area (Å²) in [5.41, 5.74) is 0.307. The molecule has 5 aliphatic rings. The number of ketones is 2. The second-order valence-corrected chi connectivity index (χ2v) is 11.5. The van der Waals surface area contributed by atoms with Crippen LogP contribution in [0.1, 0.15) is 35.6 Å². The number of carbonyl (C=O) groups excluding carboxylic acids is 3. The molecule has 1 saturated carbocycles. The van der Waals surface area contributed by atoms with Gasteiger partial charge in [0, 0.05) is 35.2 Å². The average molecular weight is 595 g/mol. The van der Waals surface area contributed by atoms with Gasteiger partial charge in [-0.1, -0.05) is 0 Å². The summed E-state index contributed by atoms with van der Waals surface area (Å²) in [7, 11) is 3.08. The van der Waals surface area contributed by atoms with Gasteiger partial charge in [-0.15, -0.1) is 13.2 Å². The molecule has 15 heteroatoms. The van der Waals surface area contributed by atoms with Crippen molar-refractivity contribution in [2.75, 3.05) is 32.5 Å². The Labute approximate surface area is 236 Å². The van der Waals surface area contributed by atoms with E-state index in [-0.39, 0.29) is 35.6 Å². The third kappa shape index (κ3) is 3.62. The van der Waals surface area contributed by atoms with Crippen molar-refractivity contribution in [3.8, 4) is 11.5 Å². The Morgan fingerprint density at radius 3 is 2.55 bits per heavy atom. The van der Waals surface area contributed by atoms with E-state index in [1.54, 1.807) is 7.05 Å². The van der Waals surface area contributed by atoms with Gasteiger partial charge in [0.25, 0.3) is 5.91 Å². The monoisotopic (exact) mass is 594 g/mol. The van der Waals surface area contributed by atoms with Crippen molar-refractivity contribution in [3.05, 3.63) is 33.6 Å². The first-order chi connectivity index (χ1) is 19.6. The van der Waals surface area contributed by atoms with Crippen LogP contribution in [0, 0.1) is 17.8 Å². The molecule has 12 nitrogen and oxygen atoms in total. The number of fused-ring (bicyclic) bond motifs is 6. The number of nitrogens with two attached hydrogens (primary N) is 1. The average Bonchev–Trinajstić information content (AvgIpc) is 3.28. The summed E-state index contributed by atoms with van der Waals surface area (Å²) in [6.07, 6.45) is -5.06. The fraction of sp³-hybridized carbons (Fsp3) is 0.519. The first-order valence-electron chi connectivity index (χ1n) is 13.4. The normalized spacial score (nSPS) is 32.5. The van der Waals surface area contributed by atoms with Gasteiger partial charge in [-0.3, -0.25) is 19.3 Å². The second-order valence-electron chi connectivity index (χ2n) is 11.5. The van der Waals surface area contributed by atoms with Gasteiger partial charge in [-0.25, -0.2) is 0 Å². The number of aliphatic hydroxyl groups excluding tert-OH is 2. The lowest BCUT2D eigenvalue weighted by atomic mass is 9.57. The number of likely N-dealkylation sites (N-methyl/N-ethyl adjacent to an activating group) is 1. The van der Waals surface area contributed by atoms with Crippen molar-refractivity contribution in [3.63, 3.8) is 0 Å². The molecule has 6 rings (SSSR count). The quantitative estimate of drug-likeness (QED) is 0.194. The van der Waals surface area contributed by atoms with Gasteiger partial charge in [0.1, 0.15) is 22.8 Å². The molecule has 1 saturated heterocycles. The number of anilines is 1. The van der Waals surface area contributed by atoms with Gasteiger partial charge in [-0.05, 0) is 51.7 Å². The Balaban J connectivity index is 1.60. The van der Waals surface area contributed by atoms with Crippen LogP contribution < -0.4 is 21.1 Å². The van der Waals surface area contributed by atoms with Crippen LogP contribution in [0.5, 0.6) is 11.5 Å². The Bertz CT molecular complexity index is 1520. The molecule has 0 bridgehead atoms. The Kier molecular flexibility index (Phi) is 6.12. The van der Waals surface area contributed by atoms with Crippen LogP contribution in [-0.4, -0.2) is 88.0 Å². The van der Waals surface area contributed by atoms with Crippen LogP contribution in [0.4, 0.5) is 18.9 Å². The highest BCUT2D eigenvalue weighted by molar-refractivity contribution is 6.24. The van der Waals surface area contributed by atoms with Gasteiger partial charge < -0.3 is 41.5 Å². The number of aliphatic hydroxyl groups is 3. The number of hydrogen-bond donors (Lipinski definition) is 7. The van der Waals surface area contributed by atoms with E-state index in [9.17, 15) is 48.0 Å². The number of Topliss-reactive ketones (excluding diaryl/α,β-unsaturated/α-hetero) is 2. The molecule has 2 unspecified atom stereocenters. The highest BCUT2D eigenvalue weighted by atomic mass is 19.4. The number of rotatable bonds is 3. The number of amides is 1. The van der Waals surface area contributed by atoms with Crippen LogP contribution in [0.2, 0.25) is 0 Å². The molecule has 3 aliphatic carbocycles. The zero-order chi connectivity index (χ0) is 30.6. The molecule has 8 N–H and O–H groups in total. The maximum absolute atomic E-state index is 13.9. The van der Waals surface area contributed by atoms with Gasteiger partial charge in [-0.2, -0.15) is 0 Å². The minimum atomic E-state index is -5.14. The lowest BCUT2D eigenvalue weighted by Gasteiger charge is -2.49. The van der Waals surface area contributed by atoms with Crippen molar-refractivity contribution < 1.29 is 52.7 Å². The van der Waals surface area contributed by atoms with Crippen molar-refractivity contribution in [2.45, 2.75) is 43.3 Å². The molecule has 2 heterocycles. The number of carbonyl (C=O) groups is 3. The number of likely N-dealkylation sites (tertiary alicyclic amines) is 1. The minimum Gasteiger partial charge on any atom is -0.508 e. The third-order valence-corrected chi connectivity index (χ3v) is 9.50. The third-order valence-electron chi connectivity index (χ3n) is 9.50. The largest absolute Gasteiger partial charge is 0.573 e. The van der Waals surface area contributed by atoms with E-state index in [1.165, 1.54) is 7.05 Å². The fourth-order valence-corrected chi connectivity index (χ4v) is 7.76. The van der Waals surface area contributed by atoms with Crippen LogP contribution in [0.3, 0.4) is 0 Å². The van der Waals surface area contributed by atoms with Crippen LogP contribution in [0.25, 0.3) is 5.76 Å². The number of nitrogens with one attached hydrogen (secondary N) is 2. The lowest BCUT2D eigenvalue weighted by molar-refractivity contribution is -0.275. The maximum atomic E-state index is 13.9. The topological polar surface area (TPSA) is 195 Å². The Morgan fingerprint density at radius 2 is 1.93 bits per heavy atom. The molecule has 2 aliphatic heterocycles. The minimum absolute atomic E-state index is 0.0780. The number of phenolic OH excluding ortho intramolecular Hbond substituents is 1. The molecular formula is C27H29F3N4O8. The first-order valence-corrected chi connectivity index (χ1v) is 13.4. The van der Waals surface area contributed by atoms with Gasteiger partial charge in [0.2, 0.25) is 5.78 Å². The summed E-state index contributed by atoms with van der Waals surface area (Å²) in [4.78, 5) is 40.8. The zero-order valence-electron chi connectivity index (χ0n) is 22.5. The molecule has 1 amide bonds. The maximum Gasteiger partial charge on any atom is 0.573 e. The standard InChI is InChI=1S/C27H29F3N4O8/c1-32-16-11-6-9-5-10-13(19(35)12(9)23(38)26(11,41)24(39)15(21(16)37)25(31)40)20(36)17-14(22(10)42-27(28,29)30)18-8(7-33-17)3-4-34(18)2/h8-9,11,16,18,32-33,35-36,39,41H,3-7H2,1-2H3,(H2,31,40)/t8?,9-,11-,16-,18?,26-/m0/s1. The smallest absolute Gasteiger partial charge is 0.508 e. The Morgan fingerprint density at radius 1 is 1.24 bits per heavy atom. The van der Waals surface area contributed by atoms with Crippen molar-refractivity contribution >= 4 is 28.9 Å². The van der Waals surface area contributed by atoms with E-state index < -0.39 is 93.1 Å². The molecule has 2 fully saturated rings. The Hall–Kier alpha value is -3.82. The van der Waals surface area contributed by atoms with E-state index >= 15 is 0 Å². The number of aromatic hydroxyl groups is 1. The van der Waals surface area contributed by atoms with Crippen LogP contribution in [-0.2, 0) is 20.8 Å². The molecule has 0 radical (unpaired) electrons. The molecule has 0 spiro atoms. The van der Waals surface area contributed by atoms with Gasteiger partial charge in [0.05, 0.1) is 17.3 Å². The van der Waals surface area contributed by atoms with Crippen molar-refractivity contribution in [2.24, 2.45) is 23.5 Å². The molecule has 6 atom stereocenters. The molecule has 1 aromatic rings. The number of benzene rings is 1. The number of hydrogen-bond acceptors (Lipinski definition) is 11. The van der Waals surface area contributed by atoms with Crippen LogP contribution >= 0.6 is 0 Å². The molecule has 226 valence electrons. The SMILES string of the molecule is CN[C@@H]1C(=O)C(C(N)=O)=C(O)[C@@]2(O)C(=O)C3=C(O)c4c(O)c5c(c(OC(F)(F)F)c4C[C@H]3C[C@@H]12)C1C(CCN1C)CN5. The van der Waals surface area contributed by atoms with E-state index in [0.29, 0.717) is 19.5 Å². The number of phenols is 1. The molecular weight excluding hydrogens is 565 g/mol. The molecule has 0 aromatic heterocycles. The van der Waals surface area contributed by atoms with Gasteiger partial charge >= 0.3 is 6.36 Å². The van der Waals surface area contributed by atoms with E-state index in [0.717, 1.165) is 0 Å². The summed E-state index contributed by atoms with van der Waals surface area (Å²) in [6, 6.07) is -1.90. The number of nitrogens with zero attached hydrogens (tertiary/aromatic N) is 1. The zero-order valence-corrected chi connectivity index (χ0v) is 22.5. The number of alkyl halides is 3. The van der Waals surface area contributed by atoms with E-state index in [2.05, 4.69) is 15.4 Å². The lowest BCUT2D eigenvalue weighted by Crippen LogP contribution is -2.65. The first kappa shape index (κ1) is 28.3. The van der Waals surface area contributed by atoms with Crippen LogP contribution in [0.15, 0.2) is 16.9 Å². The van der Waals surface area contributed by atoms with E-state index in [1.807, 2.05) is 4.90 Å². The second kappa shape index (κ2) is 9.09. The van der Waals surface area contributed by atoms with Crippen molar-refractivity contribution in [1.82, 2.24) is 10.2 Å². The predicted octanol–water partition coefficient (Wildman–Crippen LogP) is 0.939. The summed E-state index contributed by atoms with van der Waals surface area (Å²) < 4.78 is 46.2. The highest BCUT2D eigenvalue weighted by Gasteiger charge is 2.64. The predicted molar refractivity (Wildman–Crippen MR) is 138 cm³/mol. The fourth-order valence-electron chi connectivity index (χ4n) is 7.76. The molecule has 42 heavy (non-hydrogen) atoms. The number of halogens is 3. The molecule has 1 aromatic carbocycles. The number of ether oxygens (including phenoxy) is 1. The summed E-state index contributed by atoms with van der Waals surface area (Å²) in [5, 5.41) is 50.9. The van der Waals surface area contributed by atoms with Gasteiger partial charge in [0.15, 0.2) is 17.1 Å². The highest BCUT2D eigenvalue weighted by Crippen LogP contribution is 2.59. The summed E-state index contributed by atoms with van der Waals surface area (Å²) in [6.45, 7) is 0.921. The summed E-state index contributed by atoms with van der Waals surface area (Å²) >= 11 is 0. The summed E-state index contributed by atoms with van der Waals surface area (Å²) in [5.74, 6) is -9.48. The number of primary amides is 1. The van der Waals surface area contributed by atoms with Crippen molar-refractivity contribution in [1.29, 1.82) is 0 Å². The van der Waals surface area contributed by atoms with E-state index in [4.69, 9.17) is 5.73 Å².